The molecule has 0 atom stereocenters. The molecule has 32 heavy (non-hydrogen) atoms. The van der Waals surface area contributed by atoms with Crippen LogP contribution in [0.15, 0.2) is 54.2 Å². The quantitative estimate of drug-likeness (QED) is 0.670. The molecule has 0 radical (unpaired) electrons. The molecule has 2 aromatic rings. The van der Waals surface area contributed by atoms with Gasteiger partial charge in [0.1, 0.15) is 11.4 Å². The maximum Gasteiger partial charge on any atom is 0.278 e. The predicted molar refractivity (Wildman–Crippen MR) is 122 cm³/mol. The molecule has 0 saturated carbocycles. The molecule has 168 valence electrons. The van der Waals surface area contributed by atoms with Gasteiger partial charge in [-0.1, -0.05) is 48.0 Å². The maximum absolute atomic E-state index is 13.6. The second-order valence-electron chi connectivity index (χ2n) is 8.15. The second kappa shape index (κ2) is 9.54. The summed E-state index contributed by atoms with van der Waals surface area (Å²) in [5.41, 5.74) is 3.56. The van der Waals surface area contributed by atoms with Gasteiger partial charge in [0.2, 0.25) is 0 Å². The lowest BCUT2D eigenvalue weighted by molar-refractivity contribution is -0.138. The molecule has 7 heteroatoms. The molecule has 7 nitrogen and oxygen atoms in total. The SMILES string of the molecule is COc1ccccc1CN1C(=O)C(c2ccc(C)cc2)=C(N2CCN(CCO)CC2)C1=O. The number of methoxy groups -OCH3 is 1. The highest BCUT2D eigenvalue weighted by Gasteiger charge is 2.42. The molecule has 0 bridgehead atoms. The van der Waals surface area contributed by atoms with Crippen molar-refractivity contribution in [2.24, 2.45) is 0 Å². The van der Waals surface area contributed by atoms with Crippen molar-refractivity contribution >= 4 is 17.4 Å². The molecule has 1 N–H and O–H groups in total. The van der Waals surface area contributed by atoms with Crippen LogP contribution in [0.4, 0.5) is 0 Å². The van der Waals surface area contributed by atoms with Crippen molar-refractivity contribution in [3.05, 3.63) is 70.9 Å². The molecular weight excluding hydrogens is 406 g/mol. The van der Waals surface area contributed by atoms with Crippen LogP contribution in [0, 0.1) is 6.92 Å². The van der Waals surface area contributed by atoms with Crippen molar-refractivity contribution in [2.45, 2.75) is 13.5 Å². The number of ether oxygens (including phenoxy) is 1. The van der Waals surface area contributed by atoms with E-state index >= 15 is 0 Å². The number of amides is 2. The fourth-order valence-electron chi connectivity index (χ4n) is 4.32. The fraction of sp³-hybridized carbons (Fsp3) is 0.360. The number of aliphatic hydroxyl groups is 1. The zero-order chi connectivity index (χ0) is 22.7. The van der Waals surface area contributed by atoms with Gasteiger partial charge in [-0.3, -0.25) is 19.4 Å². The van der Waals surface area contributed by atoms with E-state index in [-0.39, 0.29) is 25.0 Å². The first kappa shape index (κ1) is 22.0. The minimum absolute atomic E-state index is 0.113. The van der Waals surface area contributed by atoms with Gasteiger partial charge in [-0.2, -0.15) is 0 Å². The molecule has 2 aliphatic heterocycles. The number of benzene rings is 2. The van der Waals surface area contributed by atoms with E-state index in [1.54, 1.807) is 7.11 Å². The number of rotatable bonds is 7. The number of carbonyl (C=O) groups excluding carboxylic acids is 2. The normalized spacial score (nSPS) is 17.5. The topological polar surface area (TPSA) is 73.3 Å². The number of aryl methyl sites for hydroxylation is 1. The Balaban J connectivity index is 1.68. The molecule has 1 fully saturated rings. The van der Waals surface area contributed by atoms with E-state index in [0.29, 0.717) is 36.7 Å². The lowest BCUT2D eigenvalue weighted by Crippen LogP contribution is -2.48. The monoisotopic (exact) mass is 435 g/mol. The van der Waals surface area contributed by atoms with Crippen LogP contribution in [-0.4, -0.2) is 78.1 Å². The molecule has 0 aromatic heterocycles. The van der Waals surface area contributed by atoms with E-state index in [4.69, 9.17) is 4.74 Å². The van der Waals surface area contributed by atoms with Crippen LogP contribution < -0.4 is 4.74 Å². The highest BCUT2D eigenvalue weighted by Crippen LogP contribution is 2.34. The lowest BCUT2D eigenvalue weighted by Gasteiger charge is -2.36. The van der Waals surface area contributed by atoms with Crippen molar-refractivity contribution in [3.8, 4) is 5.75 Å². The van der Waals surface area contributed by atoms with Crippen LogP contribution in [-0.2, 0) is 16.1 Å². The number of hydrogen-bond donors (Lipinski definition) is 1. The molecule has 0 unspecified atom stereocenters. The lowest BCUT2D eigenvalue weighted by atomic mass is 10.0. The van der Waals surface area contributed by atoms with Gasteiger partial charge in [0.15, 0.2) is 0 Å². The summed E-state index contributed by atoms with van der Waals surface area (Å²) < 4.78 is 5.43. The molecule has 0 spiro atoms. The number of nitrogens with zero attached hydrogens (tertiary/aromatic N) is 3. The van der Waals surface area contributed by atoms with Gasteiger partial charge in [0.05, 0.1) is 25.8 Å². The summed E-state index contributed by atoms with van der Waals surface area (Å²) in [5, 5.41) is 9.22. The Kier molecular flexibility index (Phi) is 6.58. The summed E-state index contributed by atoms with van der Waals surface area (Å²) in [6.45, 7) is 5.61. The average molecular weight is 436 g/mol. The first-order valence-electron chi connectivity index (χ1n) is 10.9. The number of para-hydroxylation sites is 1. The van der Waals surface area contributed by atoms with Crippen LogP contribution in [0.5, 0.6) is 5.75 Å². The zero-order valence-electron chi connectivity index (χ0n) is 18.6. The maximum atomic E-state index is 13.6. The summed E-state index contributed by atoms with van der Waals surface area (Å²) in [4.78, 5) is 32.7. The molecule has 2 aromatic carbocycles. The predicted octanol–water partition coefficient (Wildman–Crippen LogP) is 1.89. The Bertz CT molecular complexity index is 1020. The molecule has 2 amide bonds. The largest absolute Gasteiger partial charge is 0.496 e. The highest BCUT2D eigenvalue weighted by molar-refractivity contribution is 6.35. The molecule has 2 aliphatic rings. The molecule has 4 rings (SSSR count). The van der Waals surface area contributed by atoms with E-state index in [1.165, 1.54) is 4.90 Å². The van der Waals surface area contributed by atoms with Gasteiger partial charge in [-0.05, 0) is 18.6 Å². The Hall–Kier alpha value is -3.16. The smallest absolute Gasteiger partial charge is 0.278 e. The van der Waals surface area contributed by atoms with Gasteiger partial charge in [0.25, 0.3) is 11.8 Å². The number of hydrogen-bond acceptors (Lipinski definition) is 6. The molecular formula is C25H29N3O4. The highest BCUT2D eigenvalue weighted by atomic mass is 16.5. The zero-order valence-corrected chi connectivity index (χ0v) is 18.6. The Morgan fingerprint density at radius 2 is 1.62 bits per heavy atom. The van der Waals surface area contributed by atoms with Crippen molar-refractivity contribution < 1.29 is 19.4 Å². The number of aliphatic hydroxyl groups excluding tert-OH is 1. The summed E-state index contributed by atoms with van der Waals surface area (Å²) in [7, 11) is 1.58. The number of β-amino-alcohol motifs (C(OH)–C–C–N with tert-alkyl or cyclic N) is 1. The minimum atomic E-state index is -0.280. The Morgan fingerprint density at radius 3 is 2.28 bits per heavy atom. The fourth-order valence-corrected chi connectivity index (χ4v) is 4.32. The van der Waals surface area contributed by atoms with Gasteiger partial charge >= 0.3 is 0 Å². The second-order valence-corrected chi connectivity index (χ2v) is 8.15. The van der Waals surface area contributed by atoms with Crippen molar-refractivity contribution in [1.29, 1.82) is 0 Å². The molecule has 0 aliphatic carbocycles. The van der Waals surface area contributed by atoms with E-state index in [9.17, 15) is 14.7 Å². The number of piperazine rings is 1. The van der Waals surface area contributed by atoms with Crippen LogP contribution in [0.2, 0.25) is 0 Å². The average Bonchev–Trinajstić information content (AvgIpc) is 3.05. The number of imide groups is 1. The minimum Gasteiger partial charge on any atom is -0.496 e. The van der Waals surface area contributed by atoms with Crippen LogP contribution >= 0.6 is 0 Å². The summed E-state index contributed by atoms with van der Waals surface area (Å²) in [6.07, 6.45) is 0. The Labute approximate surface area is 188 Å². The van der Waals surface area contributed by atoms with Gasteiger partial charge in [-0.25, -0.2) is 0 Å². The third-order valence-electron chi connectivity index (χ3n) is 6.11. The van der Waals surface area contributed by atoms with Crippen LogP contribution in [0.1, 0.15) is 16.7 Å². The Morgan fingerprint density at radius 1 is 0.938 bits per heavy atom. The van der Waals surface area contributed by atoms with Gasteiger partial charge in [-0.15, -0.1) is 0 Å². The first-order chi connectivity index (χ1) is 15.5. The van der Waals surface area contributed by atoms with Crippen molar-refractivity contribution in [1.82, 2.24) is 14.7 Å². The number of carbonyl (C=O) groups is 2. The standard InChI is InChI=1S/C25H29N3O4/c1-18-7-9-19(10-8-18)22-23(27-13-11-26(12-14-27)15-16-29)25(31)28(24(22)30)17-20-5-3-4-6-21(20)32-2/h3-10,29H,11-17H2,1-2H3. The van der Waals surface area contributed by atoms with E-state index < -0.39 is 0 Å². The third kappa shape index (κ3) is 4.26. The van der Waals surface area contributed by atoms with E-state index in [2.05, 4.69) is 4.90 Å². The molecule has 2 heterocycles. The van der Waals surface area contributed by atoms with Gasteiger partial charge < -0.3 is 14.7 Å². The molecule has 1 saturated heterocycles. The van der Waals surface area contributed by atoms with E-state index in [0.717, 1.165) is 29.8 Å². The summed E-state index contributed by atoms with van der Waals surface area (Å²) >= 11 is 0. The first-order valence-corrected chi connectivity index (χ1v) is 10.9. The van der Waals surface area contributed by atoms with Gasteiger partial charge in [0, 0.05) is 38.3 Å². The van der Waals surface area contributed by atoms with Crippen LogP contribution in [0.25, 0.3) is 5.57 Å². The summed E-state index contributed by atoms with van der Waals surface area (Å²) in [5.74, 6) is 0.0979. The van der Waals surface area contributed by atoms with Crippen LogP contribution in [0.3, 0.4) is 0 Å². The van der Waals surface area contributed by atoms with Crippen molar-refractivity contribution in [3.63, 3.8) is 0 Å². The third-order valence-corrected chi connectivity index (χ3v) is 6.11. The van der Waals surface area contributed by atoms with Crippen molar-refractivity contribution in [2.75, 3.05) is 46.4 Å². The van der Waals surface area contributed by atoms with E-state index in [1.807, 2.05) is 60.4 Å². The summed E-state index contributed by atoms with van der Waals surface area (Å²) in [6, 6.07) is 15.2.